The summed E-state index contributed by atoms with van der Waals surface area (Å²) >= 11 is 3.37. The molecule has 0 bridgehead atoms. The zero-order valence-corrected chi connectivity index (χ0v) is 22.2. The second-order valence-electron chi connectivity index (χ2n) is 8.30. The van der Waals surface area contributed by atoms with Gasteiger partial charge in [-0.1, -0.05) is 26.0 Å². The lowest BCUT2D eigenvalue weighted by Gasteiger charge is -2.10. The highest BCUT2D eigenvalue weighted by molar-refractivity contribution is 7.99. The van der Waals surface area contributed by atoms with Crippen molar-refractivity contribution in [2.45, 2.75) is 55.5 Å². The topological polar surface area (TPSA) is 48.7 Å². The third-order valence-electron chi connectivity index (χ3n) is 5.13. The summed E-state index contributed by atoms with van der Waals surface area (Å²) in [6, 6.07) is 12.7. The van der Waals surface area contributed by atoms with Gasteiger partial charge in [0.1, 0.15) is 17.3 Å². The van der Waals surface area contributed by atoms with Crippen molar-refractivity contribution in [1.29, 1.82) is 0 Å². The summed E-state index contributed by atoms with van der Waals surface area (Å²) in [6.07, 6.45) is -4.37. The van der Waals surface area contributed by atoms with Gasteiger partial charge in [0.15, 0.2) is 6.61 Å². The highest BCUT2D eigenvalue weighted by Gasteiger charge is 2.30. The highest BCUT2D eigenvalue weighted by atomic mass is 32.2. The molecule has 0 fully saturated rings. The Balaban J connectivity index is 1.73. The monoisotopic (exact) mass is 538 g/mol. The largest absolute Gasteiger partial charge is 0.482 e. The maximum atomic E-state index is 12.9. The predicted octanol–water partition coefficient (Wildman–Crippen LogP) is 8.15. The van der Waals surface area contributed by atoms with Gasteiger partial charge in [-0.3, -0.25) is 0 Å². The molecule has 36 heavy (non-hydrogen) atoms. The molecule has 0 amide bonds. The van der Waals surface area contributed by atoms with Crippen molar-refractivity contribution in [3.8, 4) is 17.1 Å². The van der Waals surface area contributed by atoms with E-state index in [0.29, 0.717) is 40.4 Å². The first-order valence-electron chi connectivity index (χ1n) is 11.5. The molecule has 4 nitrogen and oxygen atoms in total. The third kappa shape index (κ3) is 8.00. The fourth-order valence-electron chi connectivity index (χ4n) is 3.29. The van der Waals surface area contributed by atoms with E-state index >= 15 is 0 Å². The van der Waals surface area contributed by atoms with Gasteiger partial charge < -0.3 is 13.9 Å². The Morgan fingerprint density at radius 3 is 2.39 bits per heavy atom. The number of benzene rings is 2. The maximum absolute atomic E-state index is 12.9. The molecular formula is C27H29F3O4S2. The van der Waals surface area contributed by atoms with Crippen LogP contribution in [-0.2, 0) is 27.2 Å². The predicted molar refractivity (Wildman–Crippen MR) is 138 cm³/mol. The van der Waals surface area contributed by atoms with E-state index in [1.165, 1.54) is 12.1 Å². The molecule has 0 unspecified atom stereocenters. The number of esters is 1. The lowest BCUT2D eigenvalue weighted by Crippen LogP contribution is -2.14. The molecule has 1 heterocycles. The lowest BCUT2D eigenvalue weighted by molar-refractivity contribution is -0.145. The quantitative estimate of drug-likeness (QED) is 0.181. The third-order valence-corrected chi connectivity index (χ3v) is 7.27. The fourth-order valence-corrected chi connectivity index (χ4v) is 5.01. The molecule has 0 saturated carbocycles. The summed E-state index contributed by atoms with van der Waals surface area (Å²) in [5.41, 5.74) is 1.82. The maximum Gasteiger partial charge on any atom is 0.416 e. The molecule has 0 saturated heterocycles. The van der Waals surface area contributed by atoms with Gasteiger partial charge in [-0.15, -0.1) is 11.8 Å². The minimum Gasteiger partial charge on any atom is -0.482 e. The molecule has 0 radical (unpaired) electrons. The summed E-state index contributed by atoms with van der Waals surface area (Å²) in [5, 5.41) is 0.412. The Labute approximate surface area is 217 Å². The van der Waals surface area contributed by atoms with Crippen molar-refractivity contribution in [3.63, 3.8) is 0 Å². The van der Waals surface area contributed by atoms with Crippen LogP contribution in [0.2, 0.25) is 0 Å². The number of furan rings is 1. The normalized spacial score (nSPS) is 11.7. The molecule has 3 aromatic rings. The summed E-state index contributed by atoms with van der Waals surface area (Å²) in [7, 11) is 0. The molecule has 0 spiro atoms. The molecule has 0 atom stereocenters. The second-order valence-corrected chi connectivity index (χ2v) is 10.9. The van der Waals surface area contributed by atoms with Crippen molar-refractivity contribution >= 4 is 29.5 Å². The van der Waals surface area contributed by atoms with Crippen LogP contribution in [0.15, 0.2) is 57.8 Å². The van der Waals surface area contributed by atoms with E-state index in [-0.39, 0.29) is 6.61 Å². The van der Waals surface area contributed by atoms with Crippen LogP contribution in [0.5, 0.6) is 5.75 Å². The summed E-state index contributed by atoms with van der Waals surface area (Å²) in [6.45, 7) is 8.04. The number of hydrogen-bond acceptors (Lipinski definition) is 6. The van der Waals surface area contributed by atoms with E-state index in [2.05, 4.69) is 13.8 Å². The standard InChI is InChI=1S/C27H29F3O4S2/c1-5-32-26(31)14-33-23-11-10-22(12-18(23)4)36-15-20-13-24(34-25(20)16-35-17(2)3)19-6-8-21(9-7-19)27(28,29)30/h6-13,17H,5,14-16H2,1-4H3. The first-order valence-corrected chi connectivity index (χ1v) is 13.5. The second kappa shape index (κ2) is 12.6. The Hall–Kier alpha value is -2.52. The van der Waals surface area contributed by atoms with Gasteiger partial charge in [0.25, 0.3) is 0 Å². The zero-order valence-electron chi connectivity index (χ0n) is 20.6. The fraction of sp³-hybridized carbons (Fsp3) is 0.370. The van der Waals surface area contributed by atoms with Gasteiger partial charge in [-0.2, -0.15) is 24.9 Å². The molecule has 194 valence electrons. The molecule has 1 aromatic heterocycles. The lowest BCUT2D eigenvalue weighted by atomic mass is 10.1. The van der Waals surface area contributed by atoms with Crippen LogP contribution in [-0.4, -0.2) is 24.4 Å². The van der Waals surface area contributed by atoms with Gasteiger partial charge in [0, 0.05) is 21.8 Å². The van der Waals surface area contributed by atoms with E-state index in [0.717, 1.165) is 33.9 Å². The molecule has 0 aliphatic heterocycles. The van der Waals surface area contributed by atoms with Gasteiger partial charge in [-0.05, 0) is 61.1 Å². The molecule has 0 aliphatic rings. The van der Waals surface area contributed by atoms with Crippen molar-refractivity contribution < 1.29 is 31.9 Å². The molecule has 0 N–H and O–H groups in total. The number of halogens is 3. The number of rotatable bonds is 11. The van der Waals surface area contributed by atoms with Crippen LogP contribution in [0.1, 0.15) is 43.2 Å². The number of aryl methyl sites for hydroxylation is 1. The van der Waals surface area contributed by atoms with E-state index in [4.69, 9.17) is 13.9 Å². The number of alkyl halides is 3. The van der Waals surface area contributed by atoms with E-state index in [1.54, 1.807) is 30.4 Å². The molecular weight excluding hydrogens is 509 g/mol. The Morgan fingerprint density at radius 2 is 1.78 bits per heavy atom. The number of hydrogen-bond donors (Lipinski definition) is 0. The van der Waals surface area contributed by atoms with Crippen LogP contribution in [0.3, 0.4) is 0 Å². The van der Waals surface area contributed by atoms with E-state index in [9.17, 15) is 18.0 Å². The first-order chi connectivity index (χ1) is 17.1. The number of thioether (sulfide) groups is 2. The average Bonchev–Trinajstić information content (AvgIpc) is 3.23. The van der Waals surface area contributed by atoms with Crippen LogP contribution >= 0.6 is 23.5 Å². The minimum atomic E-state index is -4.37. The SMILES string of the molecule is CCOC(=O)COc1ccc(SCc2cc(-c3ccc(C(F)(F)F)cc3)oc2CSC(C)C)cc1C. The zero-order chi connectivity index (χ0) is 26.3. The molecule has 2 aromatic carbocycles. The number of carbonyl (C=O) groups excluding carboxylic acids is 1. The van der Waals surface area contributed by atoms with E-state index in [1.807, 2.05) is 31.2 Å². The van der Waals surface area contributed by atoms with Crippen LogP contribution in [0.25, 0.3) is 11.3 Å². The summed E-state index contributed by atoms with van der Waals surface area (Å²) in [4.78, 5) is 12.6. The number of carbonyl (C=O) groups is 1. The highest BCUT2D eigenvalue weighted by Crippen LogP contribution is 2.36. The van der Waals surface area contributed by atoms with Crippen molar-refractivity contribution in [2.24, 2.45) is 0 Å². The smallest absolute Gasteiger partial charge is 0.416 e. The van der Waals surface area contributed by atoms with Gasteiger partial charge >= 0.3 is 12.1 Å². The Kier molecular flexibility index (Phi) is 9.84. The molecule has 3 rings (SSSR count). The summed E-state index contributed by atoms with van der Waals surface area (Å²) < 4.78 is 55.3. The van der Waals surface area contributed by atoms with Crippen molar-refractivity contribution in [2.75, 3.05) is 13.2 Å². The summed E-state index contributed by atoms with van der Waals surface area (Å²) in [5.74, 6) is 2.90. The van der Waals surface area contributed by atoms with Crippen molar-refractivity contribution in [1.82, 2.24) is 0 Å². The van der Waals surface area contributed by atoms with Crippen LogP contribution < -0.4 is 4.74 Å². The number of ether oxygens (including phenoxy) is 2. The van der Waals surface area contributed by atoms with Crippen LogP contribution in [0, 0.1) is 6.92 Å². The van der Waals surface area contributed by atoms with Gasteiger partial charge in [0.2, 0.25) is 0 Å². The van der Waals surface area contributed by atoms with Gasteiger partial charge in [-0.25, -0.2) is 4.79 Å². The van der Waals surface area contributed by atoms with Crippen molar-refractivity contribution in [3.05, 3.63) is 71.0 Å². The Bertz CT molecular complexity index is 1150. The Morgan fingerprint density at radius 1 is 1.06 bits per heavy atom. The first kappa shape index (κ1) is 28.1. The van der Waals surface area contributed by atoms with E-state index < -0.39 is 17.7 Å². The minimum absolute atomic E-state index is 0.139. The molecule has 0 aliphatic carbocycles. The van der Waals surface area contributed by atoms with Gasteiger partial charge in [0.05, 0.1) is 17.9 Å². The average molecular weight is 539 g/mol. The van der Waals surface area contributed by atoms with Crippen LogP contribution in [0.4, 0.5) is 13.2 Å². The molecule has 9 heteroatoms.